The van der Waals surface area contributed by atoms with Crippen molar-refractivity contribution in [2.24, 2.45) is 4.99 Å². The highest BCUT2D eigenvalue weighted by Crippen LogP contribution is 2.31. The minimum Gasteiger partial charge on any atom is -0.497 e. The van der Waals surface area contributed by atoms with Gasteiger partial charge < -0.3 is 19.2 Å². The molecule has 0 saturated heterocycles. The zero-order valence-electron chi connectivity index (χ0n) is 20.1. The SMILES string of the molecule is COC1=CC(c2cc3cc(OC)ccc3n2C(=O)OC(C)(C)C)=NC1=Cc1[nH]c(C)cc1C. The molecule has 1 N–H and O–H groups in total. The fraction of sp³-hybridized carbons (Fsp3) is 0.308. The molecule has 0 saturated carbocycles. The molecule has 172 valence electrons. The molecular formula is C26H29N3O4. The number of benzene rings is 1. The van der Waals surface area contributed by atoms with E-state index in [-0.39, 0.29) is 0 Å². The standard InChI is InChI=1S/C26H29N3O4/c1-15-10-16(2)27-19(15)13-21-24(32-7)14-20(28-21)23-12-17-11-18(31-6)8-9-22(17)29(23)25(30)33-26(3,4)5/h8-14,27H,1-7H3. The number of nitrogens with zero attached hydrogens (tertiary/aromatic N) is 2. The number of ether oxygens (including phenoxy) is 3. The van der Waals surface area contributed by atoms with Crippen LogP contribution in [0.3, 0.4) is 0 Å². The van der Waals surface area contributed by atoms with Crippen LogP contribution in [0, 0.1) is 13.8 Å². The van der Waals surface area contributed by atoms with E-state index in [4.69, 9.17) is 19.2 Å². The summed E-state index contributed by atoms with van der Waals surface area (Å²) in [6.07, 6.45) is 3.32. The Morgan fingerprint density at radius 3 is 2.45 bits per heavy atom. The second-order valence-electron chi connectivity index (χ2n) is 9.06. The minimum absolute atomic E-state index is 0.471. The van der Waals surface area contributed by atoms with Crippen LogP contribution in [0.1, 0.15) is 43.4 Å². The number of aromatic nitrogens is 2. The number of nitrogens with one attached hydrogen (secondary N) is 1. The molecule has 1 aromatic carbocycles. The lowest BCUT2D eigenvalue weighted by Crippen LogP contribution is -2.28. The summed E-state index contributed by atoms with van der Waals surface area (Å²) in [6, 6.07) is 9.55. The van der Waals surface area contributed by atoms with Crippen LogP contribution < -0.4 is 4.74 Å². The maximum absolute atomic E-state index is 13.2. The summed E-state index contributed by atoms with van der Waals surface area (Å²) in [5, 5.41) is 0.846. The fourth-order valence-electron chi connectivity index (χ4n) is 3.86. The van der Waals surface area contributed by atoms with E-state index in [1.165, 1.54) is 0 Å². The number of hydrogen-bond acceptors (Lipinski definition) is 5. The van der Waals surface area contributed by atoms with Crippen LogP contribution in [0.25, 0.3) is 17.0 Å². The average Bonchev–Trinajstić information content (AvgIpc) is 3.40. The molecule has 3 heterocycles. The van der Waals surface area contributed by atoms with Crippen LogP contribution in [0.2, 0.25) is 0 Å². The Bertz CT molecular complexity index is 1330. The van der Waals surface area contributed by atoms with E-state index in [0.717, 1.165) is 22.3 Å². The third kappa shape index (κ3) is 4.44. The molecule has 33 heavy (non-hydrogen) atoms. The van der Waals surface area contributed by atoms with E-state index in [1.807, 2.05) is 71.0 Å². The molecule has 0 amide bonds. The summed E-state index contributed by atoms with van der Waals surface area (Å²) in [6.45, 7) is 9.59. The Balaban J connectivity index is 1.87. The van der Waals surface area contributed by atoms with Gasteiger partial charge in [0.05, 0.1) is 31.1 Å². The van der Waals surface area contributed by atoms with Gasteiger partial charge >= 0.3 is 6.09 Å². The van der Waals surface area contributed by atoms with Crippen molar-refractivity contribution in [3.05, 3.63) is 70.5 Å². The number of fused-ring (bicyclic) bond motifs is 1. The van der Waals surface area contributed by atoms with Gasteiger partial charge in [0.25, 0.3) is 0 Å². The predicted molar refractivity (Wildman–Crippen MR) is 130 cm³/mol. The number of carbonyl (C=O) groups excluding carboxylic acids is 1. The number of allylic oxidation sites excluding steroid dienone is 1. The molecule has 3 aromatic rings. The molecule has 2 aromatic heterocycles. The Hall–Kier alpha value is -3.74. The summed E-state index contributed by atoms with van der Waals surface area (Å²) in [5.41, 5.74) is 5.13. The van der Waals surface area contributed by atoms with Crippen LogP contribution in [-0.4, -0.2) is 41.2 Å². The Morgan fingerprint density at radius 1 is 1.09 bits per heavy atom. The van der Waals surface area contributed by atoms with Gasteiger partial charge in [-0.2, -0.15) is 0 Å². The monoisotopic (exact) mass is 447 g/mol. The normalized spacial score (nSPS) is 15.1. The molecule has 7 heteroatoms. The van der Waals surface area contributed by atoms with E-state index in [0.29, 0.717) is 34.1 Å². The lowest BCUT2D eigenvalue weighted by molar-refractivity contribution is 0.0544. The van der Waals surface area contributed by atoms with Crippen molar-refractivity contribution in [2.45, 2.75) is 40.2 Å². The topological polar surface area (TPSA) is 77.8 Å². The second kappa shape index (κ2) is 8.31. The van der Waals surface area contributed by atoms with Gasteiger partial charge in [-0.25, -0.2) is 14.4 Å². The lowest BCUT2D eigenvalue weighted by atomic mass is 10.2. The van der Waals surface area contributed by atoms with Crippen molar-refractivity contribution >= 4 is 28.8 Å². The van der Waals surface area contributed by atoms with Gasteiger partial charge in [0.1, 0.15) is 22.8 Å². The molecule has 1 aliphatic rings. The van der Waals surface area contributed by atoms with Gasteiger partial charge in [-0.1, -0.05) is 0 Å². The highest BCUT2D eigenvalue weighted by Gasteiger charge is 2.27. The number of aliphatic imine (C=N–C) groups is 1. The zero-order valence-corrected chi connectivity index (χ0v) is 20.1. The van der Waals surface area contributed by atoms with E-state index in [1.54, 1.807) is 18.8 Å². The highest BCUT2D eigenvalue weighted by atomic mass is 16.6. The second-order valence-corrected chi connectivity index (χ2v) is 9.06. The molecule has 0 radical (unpaired) electrons. The van der Waals surface area contributed by atoms with Crippen LogP contribution in [0.4, 0.5) is 4.79 Å². The number of aromatic amines is 1. The third-order valence-corrected chi connectivity index (χ3v) is 5.30. The third-order valence-electron chi connectivity index (χ3n) is 5.30. The van der Waals surface area contributed by atoms with Gasteiger partial charge in [0.15, 0.2) is 0 Å². The Kier molecular flexibility index (Phi) is 5.66. The highest BCUT2D eigenvalue weighted by molar-refractivity contribution is 6.15. The quantitative estimate of drug-likeness (QED) is 0.552. The first kappa shape index (κ1) is 22.5. The molecule has 4 rings (SSSR count). The Morgan fingerprint density at radius 2 is 1.85 bits per heavy atom. The minimum atomic E-state index is -0.642. The summed E-state index contributed by atoms with van der Waals surface area (Å²) < 4.78 is 18.2. The van der Waals surface area contributed by atoms with Crippen molar-refractivity contribution in [3.63, 3.8) is 0 Å². The number of methoxy groups -OCH3 is 2. The first-order chi connectivity index (χ1) is 15.6. The number of rotatable bonds is 4. The fourth-order valence-corrected chi connectivity index (χ4v) is 3.86. The van der Waals surface area contributed by atoms with Crippen molar-refractivity contribution in [3.8, 4) is 5.75 Å². The molecule has 0 aliphatic carbocycles. The van der Waals surface area contributed by atoms with Gasteiger partial charge in [-0.15, -0.1) is 0 Å². The van der Waals surface area contributed by atoms with Gasteiger partial charge in [-0.3, -0.25) is 0 Å². The summed E-state index contributed by atoms with van der Waals surface area (Å²) >= 11 is 0. The predicted octanol–water partition coefficient (Wildman–Crippen LogP) is 5.75. The largest absolute Gasteiger partial charge is 0.497 e. The van der Waals surface area contributed by atoms with Crippen LogP contribution >= 0.6 is 0 Å². The number of hydrogen-bond donors (Lipinski definition) is 1. The van der Waals surface area contributed by atoms with Crippen molar-refractivity contribution in [2.75, 3.05) is 14.2 Å². The summed E-state index contributed by atoms with van der Waals surface area (Å²) in [4.78, 5) is 21.4. The van der Waals surface area contributed by atoms with Crippen LogP contribution in [0.15, 0.2) is 52.9 Å². The molecule has 7 nitrogen and oxygen atoms in total. The first-order valence-corrected chi connectivity index (χ1v) is 10.8. The van der Waals surface area contributed by atoms with Crippen molar-refractivity contribution in [1.82, 2.24) is 9.55 Å². The Labute approximate surface area is 193 Å². The van der Waals surface area contributed by atoms with E-state index < -0.39 is 11.7 Å². The molecule has 0 fully saturated rings. The maximum atomic E-state index is 13.2. The van der Waals surface area contributed by atoms with Crippen molar-refractivity contribution in [1.29, 1.82) is 0 Å². The average molecular weight is 448 g/mol. The van der Waals surface area contributed by atoms with Crippen LogP contribution in [-0.2, 0) is 9.47 Å². The molecular weight excluding hydrogens is 418 g/mol. The summed E-state index contributed by atoms with van der Waals surface area (Å²) in [5.74, 6) is 1.32. The number of carbonyl (C=O) groups is 1. The lowest BCUT2D eigenvalue weighted by Gasteiger charge is -2.20. The van der Waals surface area contributed by atoms with Gasteiger partial charge in [0, 0.05) is 22.9 Å². The van der Waals surface area contributed by atoms with Crippen molar-refractivity contribution < 1.29 is 19.0 Å². The van der Waals surface area contributed by atoms with Crippen LogP contribution in [0.5, 0.6) is 5.75 Å². The smallest absolute Gasteiger partial charge is 0.419 e. The zero-order chi connectivity index (χ0) is 23.9. The van der Waals surface area contributed by atoms with E-state index in [2.05, 4.69) is 11.1 Å². The van der Waals surface area contributed by atoms with E-state index in [9.17, 15) is 4.79 Å². The molecule has 1 aliphatic heterocycles. The molecule has 0 unspecified atom stereocenters. The van der Waals surface area contributed by atoms with E-state index >= 15 is 0 Å². The number of aryl methyl sites for hydroxylation is 2. The molecule has 0 spiro atoms. The van der Waals surface area contributed by atoms with Gasteiger partial charge in [-0.05, 0) is 76.6 Å². The molecule has 0 atom stereocenters. The van der Waals surface area contributed by atoms with Gasteiger partial charge in [0.2, 0.25) is 0 Å². The molecule has 0 bridgehead atoms. The first-order valence-electron chi connectivity index (χ1n) is 10.8. The number of H-pyrrole nitrogens is 1. The maximum Gasteiger partial charge on any atom is 0.419 e. The summed E-state index contributed by atoms with van der Waals surface area (Å²) in [7, 11) is 3.22.